The number of ether oxygens (including phenoxy) is 2. The average Bonchev–Trinajstić information content (AvgIpc) is 3.20. The van der Waals surface area contributed by atoms with Crippen LogP contribution in [0.15, 0.2) is 16.6 Å². The molecule has 5 heteroatoms. The van der Waals surface area contributed by atoms with Gasteiger partial charge in [0.05, 0.1) is 20.1 Å². The summed E-state index contributed by atoms with van der Waals surface area (Å²) in [5.41, 5.74) is 1.99. The van der Waals surface area contributed by atoms with Crippen molar-refractivity contribution < 1.29 is 19.4 Å². The molecule has 0 aliphatic heterocycles. The number of carboxylic acid groups (broad SMARTS) is 1. The van der Waals surface area contributed by atoms with Gasteiger partial charge in [-0.3, -0.25) is 4.79 Å². The van der Waals surface area contributed by atoms with E-state index in [0.717, 1.165) is 34.2 Å². The van der Waals surface area contributed by atoms with Crippen LogP contribution in [0.5, 0.6) is 5.75 Å². The van der Waals surface area contributed by atoms with Crippen LogP contribution < -0.4 is 4.74 Å². The maximum atomic E-state index is 11.2. The number of carboxylic acids is 1. The first-order valence-corrected chi connectivity index (χ1v) is 7.43. The molecule has 1 atom stereocenters. The highest BCUT2D eigenvalue weighted by molar-refractivity contribution is 9.10. The second kappa shape index (κ2) is 6.59. The SMILES string of the molecule is COCc1cc(Br)cc(OC)c1C(CC(=O)O)C1CC1. The molecular weight excluding hydrogens is 324 g/mol. The average molecular weight is 343 g/mol. The highest BCUT2D eigenvalue weighted by Crippen LogP contribution is 2.48. The summed E-state index contributed by atoms with van der Waals surface area (Å²) < 4.78 is 11.6. The van der Waals surface area contributed by atoms with Crippen LogP contribution >= 0.6 is 15.9 Å². The molecule has 1 fully saturated rings. The zero-order chi connectivity index (χ0) is 14.7. The summed E-state index contributed by atoms with van der Waals surface area (Å²) in [7, 11) is 3.26. The molecule has 0 spiro atoms. The lowest BCUT2D eigenvalue weighted by Crippen LogP contribution is -2.12. The van der Waals surface area contributed by atoms with Gasteiger partial charge in [0, 0.05) is 23.1 Å². The predicted molar refractivity (Wildman–Crippen MR) is 79.1 cm³/mol. The summed E-state index contributed by atoms with van der Waals surface area (Å²) in [4.78, 5) is 11.2. The fourth-order valence-corrected chi connectivity index (χ4v) is 3.19. The topological polar surface area (TPSA) is 55.8 Å². The molecule has 1 unspecified atom stereocenters. The van der Waals surface area contributed by atoms with Crippen LogP contribution in [-0.4, -0.2) is 25.3 Å². The summed E-state index contributed by atoms with van der Waals surface area (Å²) in [5, 5.41) is 9.18. The van der Waals surface area contributed by atoms with Crippen molar-refractivity contribution in [2.24, 2.45) is 5.92 Å². The van der Waals surface area contributed by atoms with Crippen molar-refractivity contribution in [1.82, 2.24) is 0 Å². The molecule has 0 aromatic heterocycles. The third-order valence-electron chi connectivity index (χ3n) is 3.67. The van der Waals surface area contributed by atoms with Gasteiger partial charge in [-0.15, -0.1) is 0 Å². The summed E-state index contributed by atoms with van der Waals surface area (Å²) in [6.45, 7) is 0.452. The number of halogens is 1. The van der Waals surface area contributed by atoms with Crippen LogP contribution in [0.1, 0.15) is 36.3 Å². The Hall–Kier alpha value is -1.07. The fourth-order valence-electron chi connectivity index (χ4n) is 2.70. The van der Waals surface area contributed by atoms with Crippen LogP contribution in [0, 0.1) is 5.92 Å². The van der Waals surface area contributed by atoms with E-state index in [1.165, 1.54) is 0 Å². The molecule has 1 aliphatic carbocycles. The number of hydrogen-bond donors (Lipinski definition) is 1. The number of methoxy groups -OCH3 is 2. The van der Waals surface area contributed by atoms with Crippen LogP contribution in [0.2, 0.25) is 0 Å². The van der Waals surface area contributed by atoms with Crippen molar-refractivity contribution in [3.63, 3.8) is 0 Å². The maximum absolute atomic E-state index is 11.2. The Morgan fingerprint density at radius 1 is 1.45 bits per heavy atom. The van der Waals surface area contributed by atoms with Gasteiger partial charge in [0.25, 0.3) is 0 Å². The normalized spacial score (nSPS) is 15.9. The van der Waals surface area contributed by atoms with E-state index in [0.29, 0.717) is 12.5 Å². The van der Waals surface area contributed by atoms with Gasteiger partial charge in [-0.25, -0.2) is 0 Å². The summed E-state index contributed by atoms with van der Waals surface area (Å²) in [5.74, 6) is 0.414. The molecule has 20 heavy (non-hydrogen) atoms. The van der Waals surface area contributed by atoms with Crippen LogP contribution in [-0.2, 0) is 16.1 Å². The molecule has 1 saturated carbocycles. The molecule has 1 aliphatic rings. The van der Waals surface area contributed by atoms with E-state index >= 15 is 0 Å². The van der Waals surface area contributed by atoms with E-state index in [1.807, 2.05) is 12.1 Å². The lowest BCUT2D eigenvalue weighted by molar-refractivity contribution is -0.137. The van der Waals surface area contributed by atoms with Crippen molar-refractivity contribution >= 4 is 21.9 Å². The number of rotatable bonds is 7. The second-order valence-electron chi connectivity index (χ2n) is 5.16. The van der Waals surface area contributed by atoms with Gasteiger partial charge >= 0.3 is 5.97 Å². The monoisotopic (exact) mass is 342 g/mol. The quantitative estimate of drug-likeness (QED) is 0.822. The van der Waals surface area contributed by atoms with Gasteiger partial charge in [-0.05, 0) is 36.5 Å². The minimum Gasteiger partial charge on any atom is -0.496 e. The molecule has 0 heterocycles. The van der Waals surface area contributed by atoms with E-state index in [-0.39, 0.29) is 12.3 Å². The van der Waals surface area contributed by atoms with E-state index < -0.39 is 5.97 Å². The lowest BCUT2D eigenvalue weighted by Gasteiger charge is -2.22. The minimum atomic E-state index is -0.768. The first kappa shape index (κ1) is 15.3. The Balaban J connectivity index is 2.46. The number of aliphatic carboxylic acids is 1. The van der Waals surface area contributed by atoms with Crippen LogP contribution in [0.4, 0.5) is 0 Å². The van der Waals surface area contributed by atoms with E-state index in [1.54, 1.807) is 14.2 Å². The van der Waals surface area contributed by atoms with Crippen molar-refractivity contribution in [2.45, 2.75) is 31.8 Å². The summed E-state index contributed by atoms with van der Waals surface area (Å²) in [6.07, 6.45) is 2.31. The number of benzene rings is 1. The second-order valence-corrected chi connectivity index (χ2v) is 6.07. The zero-order valence-corrected chi connectivity index (χ0v) is 13.3. The third-order valence-corrected chi connectivity index (χ3v) is 4.13. The highest BCUT2D eigenvalue weighted by Gasteiger charge is 2.36. The summed E-state index contributed by atoms with van der Waals surface area (Å²) >= 11 is 3.46. The summed E-state index contributed by atoms with van der Waals surface area (Å²) in [6, 6.07) is 3.88. The van der Waals surface area contributed by atoms with Gasteiger partial charge < -0.3 is 14.6 Å². The van der Waals surface area contributed by atoms with E-state index in [4.69, 9.17) is 9.47 Å². The smallest absolute Gasteiger partial charge is 0.303 e. The molecule has 110 valence electrons. The van der Waals surface area contributed by atoms with Gasteiger partial charge in [0.2, 0.25) is 0 Å². The number of carbonyl (C=O) groups is 1. The third kappa shape index (κ3) is 3.52. The Bertz CT molecular complexity index is 497. The van der Waals surface area contributed by atoms with Crippen molar-refractivity contribution in [3.05, 3.63) is 27.7 Å². The fraction of sp³-hybridized carbons (Fsp3) is 0.533. The molecule has 0 bridgehead atoms. The van der Waals surface area contributed by atoms with E-state index in [2.05, 4.69) is 15.9 Å². The van der Waals surface area contributed by atoms with Crippen molar-refractivity contribution in [2.75, 3.05) is 14.2 Å². The van der Waals surface area contributed by atoms with Gasteiger partial charge in [-0.1, -0.05) is 15.9 Å². The highest BCUT2D eigenvalue weighted by atomic mass is 79.9. The molecule has 0 saturated heterocycles. The molecule has 1 aromatic rings. The molecular formula is C15H19BrO4. The minimum absolute atomic E-state index is 0.000648. The first-order chi connectivity index (χ1) is 9.56. The van der Waals surface area contributed by atoms with Crippen LogP contribution in [0.3, 0.4) is 0 Å². The van der Waals surface area contributed by atoms with Crippen molar-refractivity contribution in [3.8, 4) is 5.75 Å². The predicted octanol–water partition coefficient (Wildman–Crippen LogP) is 3.57. The molecule has 1 aromatic carbocycles. The van der Waals surface area contributed by atoms with Crippen molar-refractivity contribution in [1.29, 1.82) is 0 Å². The van der Waals surface area contributed by atoms with Crippen LogP contribution in [0.25, 0.3) is 0 Å². The Kier molecular flexibility index (Phi) is 5.05. The van der Waals surface area contributed by atoms with Gasteiger partial charge in [0.15, 0.2) is 0 Å². The molecule has 4 nitrogen and oxygen atoms in total. The molecule has 2 rings (SSSR count). The Morgan fingerprint density at radius 3 is 2.65 bits per heavy atom. The van der Waals surface area contributed by atoms with E-state index in [9.17, 15) is 9.90 Å². The maximum Gasteiger partial charge on any atom is 0.303 e. The Labute approximate surface area is 127 Å². The largest absolute Gasteiger partial charge is 0.496 e. The van der Waals surface area contributed by atoms with Gasteiger partial charge in [-0.2, -0.15) is 0 Å². The molecule has 1 N–H and O–H groups in total. The lowest BCUT2D eigenvalue weighted by atomic mass is 9.87. The number of hydrogen-bond acceptors (Lipinski definition) is 3. The first-order valence-electron chi connectivity index (χ1n) is 6.63. The van der Waals surface area contributed by atoms with Gasteiger partial charge in [0.1, 0.15) is 5.75 Å². The standard InChI is InChI=1S/C15H19BrO4/c1-19-8-10-5-11(16)6-13(20-2)15(10)12(7-14(17)18)9-3-4-9/h5-6,9,12H,3-4,7-8H2,1-2H3,(H,17,18). The molecule has 0 radical (unpaired) electrons. The zero-order valence-electron chi connectivity index (χ0n) is 11.7. The molecule has 0 amide bonds. The Morgan fingerprint density at radius 2 is 2.15 bits per heavy atom.